The number of hydrogen-bond acceptors (Lipinski definition) is 7. The zero-order valence-electron chi connectivity index (χ0n) is 21.2. The van der Waals surface area contributed by atoms with E-state index in [0.717, 1.165) is 18.4 Å². The number of amides is 1. The highest BCUT2D eigenvalue weighted by Crippen LogP contribution is 2.36. The molecule has 2 aromatic heterocycles. The largest absolute Gasteiger partial charge is 0.476 e. The molecule has 0 bridgehead atoms. The number of furan rings is 1. The Hall–Kier alpha value is -4.42. The van der Waals surface area contributed by atoms with Crippen LogP contribution in [0.2, 0.25) is 0 Å². The van der Waals surface area contributed by atoms with Crippen LogP contribution in [-0.4, -0.2) is 35.2 Å². The van der Waals surface area contributed by atoms with Crippen molar-refractivity contribution in [1.82, 2.24) is 14.5 Å². The molecule has 0 radical (unpaired) electrons. The van der Waals surface area contributed by atoms with Gasteiger partial charge in [0.2, 0.25) is 21.8 Å². The third kappa shape index (κ3) is 5.71. The van der Waals surface area contributed by atoms with Crippen LogP contribution in [0.1, 0.15) is 40.2 Å². The van der Waals surface area contributed by atoms with Crippen molar-refractivity contribution >= 4 is 27.6 Å². The molecule has 11 nitrogen and oxygen atoms in total. The van der Waals surface area contributed by atoms with Crippen LogP contribution in [0, 0.1) is 19.8 Å². The van der Waals surface area contributed by atoms with Crippen molar-refractivity contribution in [2.24, 2.45) is 5.92 Å². The van der Waals surface area contributed by atoms with Crippen LogP contribution in [0.4, 0.5) is 5.69 Å². The number of benzene rings is 2. The maximum atomic E-state index is 13.5. The Bertz CT molecular complexity index is 1640. The molecule has 0 unspecified atom stereocenters. The normalized spacial score (nSPS) is 13.3. The number of carboxylic acid groups (broad SMARTS) is 1. The molecule has 202 valence electrons. The van der Waals surface area contributed by atoms with Gasteiger partial charge in [-0.2, -0.15) is 9.78 Å². The van der Waals surface area contributed by atoms with Crippen LogP contribution in [0.15, 0.2) is 70.2 Å². The maximum Gasteiger partial charge on any atom is 0.356 e. The van der Waals surface area contributed by atoms with Crippen molar-refractivity contribution in [3.8, 4) is 17.3 Å². The van der Waals surface area contributed by atoms with Gasteiger partial charge in [0.05, 0.1) is 18.5 Å². The van der Waals surface area contributed by atoms with Crippen molar-refractivity contribution in [1.29, 1.82) is 0 Å². The number of rotatable bonds is 10. The standard InChI is InChI=1S/C27H26N4O7S/c1-16-5-10-20(11-6-16)31-26(17(2)24(30-31)27(33)34)38-22-12-9-19(29-25(32)18-7-8-18)14-23(22)39(35,36)28-15-21-4-3-13-37-21/h3-6,9-14,18,28H,7-8,15H2,1-2H3,(H,29,32)(H,33,34). The van der Waals surface area contributed by atoms with Gasteiger partial charge in [-0.15, -0.1) is 0 Å². The highest BCUT2D eigenvalue weighted by atomic mass is 32.2. The lowest BCUT2D eigenvalue weighted by molar-refractivity contribution is -0.117. The molecule has 0 spiro atoms. The molecular formula is C27H26N4O7S. The molecule has 1 fully saturated rings. The molecule has 1 amide bonds. The summed E-state index contributed by atoms with van der Waals surface area (Å²) in [6, 6.07) is 14.7. The van der Waals surface area contributed by atoms with Crippen molar-refractivity contribution < 1.29 is 32.3 Å². The van der Waals surface area contributed by atoms with Crippen molar-refractivity contribution in [3.63, 3.8) is 0 Å². The highest BCUT2D eigenvalue weighted by molar-refractivity contribution is 7.89. The molecule has 3 N–H and O–H groups in total. The molecule has 39 heavy (non-hydrogen) atoms. The summed E-state index contributed by atoms with van der Waals surface area (Å²) < 4.78 is 42.0. The number of anilines is 1. The first kappa shape index (κ1) is 26.2. The van der Waals surface area contributed by atoms with Crippen LogP contribution in [0.25, 0.3) is 5.69 Å². The first-order valence-corrected chi connectivity index (χ1v) is 13.7. The molecule has 1 aliphatic rings. The summed E-state index contributed by atoms with van der Waals surface area (Å²) in [6.07, 6.45) is 3.01. The van der Waals surface area contributed by atoms with Gasteiger partial charge < -0.3 is 19.6 Å². The summed E-state index contributed by atoms with van der Waals surface area (Å²) in [5.74, 6) is -1.17. The topological polar surface area (TPSA) is 153 Å². The Morgan fingerprint density at radius 1 is 1.13 bits per heavy atom. The summed E-state index contributed by atoms with van der Waals surface area (Å²) in [5, 5.41) is 16.6. The van der Waals surface area contributed by atoms with E-state index in [9.17, 15) is 23.1 Å². The summed E-state index contributed by atoms with van der Waals surface area (Å²) in [4.78, 5) is 24.0. The number of ether oxygens (including phenoxy) is 1. The zero-order chi connectivity index (χ0) is 27.7. The van der Waals surface area contributed by atoms with Crippen molar-refractivity contribution in [3.05, 3.63) is 83.4 Å². The van der Waals surface area contributed by atoms with Gasteiger partial charge in [0.15, 0.2) is 5.69 Å². The number of nitrogens with one attached hydrogen (secondary N) is 2. The number of sulfonamides is 1. The fraction of sp³-hybridized carbons (Fsp3) is 0.222. The second kappa shape index (κ2) is 10.4. The fourth-order valence-corrected chi connectivity index (χ4v) is 5.04. The number of aryl methyl sites for hydroxylation is 1. The van der Waals surface area contributed by atoms with Gasteiger partial charge in [-0.25, -0.2) is 17.9 Å². The van der Waals surface area contributed by atoms with Crippen LogP contribution in [0.5, 0.6) is 11.6 Å². The van der Waals surface area contributed by atoms with E-state index in [1.165, 1.54) is 36.1 Å². The SMILES string of the molecule is Cc1ccc(-n2nc(C(=O)O)c(C)c2Oc2ccc(NC(=O)C3CC3)cc2S(=O)(=O)NCc2ccco2)cc1. The minimum Gasteiger partial charge on any atom is -0.476 e. The van der Waals surface area contributed by atoms with Gasteiger partial charge in [-0.05, 0) is 69.2 Å². The van der Waals surface area contributed by atoms with E-state index in [2.05, 4.69) is 15.1 Å². The van der Waals surface area contributed by atoms with Crippen molar-refractivity contribution in [2.75, 3.05) is 5.32 Å². The molecule has 2 aromatic carbocycles. The third-order valence-corrected chi connectivity index (χ3v) is 7.64. The van der Waals surface area contributed by atoms with Gasteiger partial charge in [0.25, 0.3) is 0 Å². The van der Waals surface area contributed by atoms with Crippen LogP contribution in [-0.2, 0) is 21.4 Å². The maximum absolute atomic E-state index is 13.5. The van der Waals surface area contributed by atoms with Gasteiger partial charge in [-0.1, -0.05) is 17.7 Å². The van der Waals surface area contributed by atoms with E-state index in [1.807, 2.05) is 19.1 Å². The zero-order valence-corrected chi connectivity index (χ0v) is 22.0. The molecule has 4 aromatic rings. The van der Waals surface area contributed by atoms with Gasteiger partial charge in [0, 0.05) is 17.2 Å². The average Bonchev–Trinajstić information content (AvgIpc) is 3.53. The molecule has 12 heteroatoms. The summed E-state index contributed by atoms with van der Waals surface area (Å²) in [5.41, 5.74) is 1.77. The Balaban J connectivity index is 1.56. The van der Waals surface area contributed by atoms with E-state index < -0.39 is 16.0 Å². The number of carbonyl (C=O) groups is 2. The van der Waals surface area contributed by atoms with Crippen LogP contribution in [0.3, 0.4) is 0 Å². The summed E-state index contributed by atoms with van der Waals surface area (Å²) in [7, 11) is -4.19. The van der Waals surface area contributed by atoms with E-state index in [4.69, 9.17) is 9.15 Å². The lowest BCUT2D eigenvalue weighted by Crippen LogP contribution is -2.24. The molecule has 5 rings (SSSR count). The predicted molar refractivity (Wildman–Crippen MR) is 141 cm³/mol. The molecule has 0 aliphatic heterocycles. The number of carboxylic acids is 1. The Labute approximate surface area is 224 Å². The first-order valence-electron chi connectivity index (χ1n) is 12.2. The average molecular weight is 551 g/mol. The number of carbonyl (C=O) groups excluding carboxylic acids is 1. The summed E-state index contributed by atoms with van der Waals surface area (Å²) >= 11 is 0. The minimum absolute atomic E-state index is 0.0357. The van der Waals surface area contributed by atoms with Crippen LogP contribution < -0.4 is 14.8 Å². The van der Waals surface area contributed by atoms with E-state index in [-0.39, 0.29) is 51.8 Å². The Morgan fingerprint density at radius 2 is 1.87 bits per heavy atom. The van der Waals surface area contributed by atoms with Crippen molar-refractivity contribution in [2.45, 2.75) is 38.1 Å². The smallest absolute Gasteiger partial charge is 0.356 e. The van der Waals surface area contributed by atoms with E-state index >= 15 is 0 Å². The van der Waals surface area contributed by atoms with E-state index in [1.54, 1.807) is 24.3 Å². The molecule has 0 atom stereocenters. The molecule has 1 saturated carbocycles. The quantitative estimate of drug-likeness (QED) is 0.263. The molecular weight excluding hydrogens is 524 g/mol. The number of aromatic carboxylic acids is 1. The van der Waals surface area contributed by atoms with E-state index in [0.29, 0.717) is 11.4 Å². The third-order valence-electron chi connectivity index (χ3n) is 6.22. The fourth-order valence-electron chi connectivity index (χ4n) is 3.90. The number of nitrogens with zero attached hydrogens (tertiary/aromatic N) is 2. The van der Waals surface area contributed by atoms with Gasteiger partial charge in [-0.3, -0.25) is 4.79 Å². The Kier molecular flexibility index (Phi) is 6.98. The molecule has 1 aliphatic carbocycles. The second-order valence-corrected chi connectivity index (χ2v) is 11.0. The highest BCUT2D eigenvalue weighted by Gasteiger charge is 2.31. The summed E-state index contributed by atoms with van der Waals surface area (Å²) in [6.45, 7) is 3.33. The predicted octanol–water partition coefficient (Wildman–Crippen LogP) is 4.40. The minimum atomic E-state index is -4.19. The lowest BCUT2D eigenvalue weighted by Gasteiger charge is -2.16. The van der Waals surface area contributed by atoms with Gasteiger partial charge >= 0.3 is 5.97 Å². The number of hydrogen-bond donors (Lipinski definition) is 3. The van der Waals surface area contributed by atoms with Crippen LogP contribution >= 0.6 is 0 Å². The second-order valence-electron chi connectivity index (χ2n) is 9.26. The Morgan fingerprint density at radius 3 is 2.51 bits per heavy atom. The molecule has 0 saturated heterocycles. The molecule has 2 heterocycles. The first-order chi connectivity index (χ1) is 18.6. The monoisotopic (exact) mass is 550 g/mol. The van der Waals surface area contributed by atoms with Gasteiger partial charge in [0.1, 0.15) is 16.4 Å². The number of aromatic nitrogens is 2. The lowest BCUT2D eigenvalue weighted by atomic mass is 10.2.